The van der Waals surface area contributed by atoms with Gasteiger partial charge in [0, 0.05) is 6.07 Å². The minimum Gasteiger partial charge on any atom is -0.493 e. The first-order valence-electron chi connectivity index (χ1n) is 6.14. The molecule has 0 atom stereocenters. The monoisotopic (exact) mass is 289 g/mol. The normalized spacial score (nSPS) is 14.8. The van der Waals surface area contributed by atoms with Crippen molar-refractivity contribution in [2.75, 3.05) is 25.7 Å². The summed E-state index contributed by atoms with van der Waals surface area (Å²) in [5.41, 5.74) is 8.23. The Bertz CT molecular complexity index is 604. The molecule has 1 saturated heterocycles. The van der Waals surface area contributed by atoms with Crippen molar-refractivity contribution in [3.63, 3.8) is 0 Å². The van der Waals surface area contributed by atoms with Gasteiger partial charge < -0.3 is 19.9 Å². The van der Waals surface area contributed by atoms with Crippen LogP contribution >= 0.6 is 0 Å². The van der Waals surface area contributed by atoms with Crippen LogP contribution in [0.5, 0.6) is 11.5 Å². The van der Waals surface area contributed by atoms with E-state index in [2.05, 4.69) is 10.5 Å². The number of ether oxygens (including phenoxy) is 3. The maximum absolute atomic E-state index is 8.75. The molecular formula is C13H15N5O3. The summed E-state index contributed by atoms with van der Waals surface area (Å²) < 4.78 is 16.0. The molecule has 0 amide bonds. The van der Waals surface area contributed by atoms with Gasteiger partial charge in [0.05, 0.1) is 26.0 Å². The first kappa shape index (κ1) is 14.6. The molecule has 0 aliphatic carbocycles. The highest BCUT2D eigenvalue weighted by Gasteiger charge is 2.21. The van der Waals surface area contributed by atoms with Gasteiger partial charge in [0.2, 0.25) is 5.71 Å². The SMILES string of the molecule is COc1cc(N/N=C(\C#N)C(=N)N)ccc1OC1COC1. The lowest BCUT2D eigenvalue weighted by Gasteiger charge is -2.27. The predicted molar refractivity (Wildman–Crippen MR) is 76.8 cm³/mol. The van der Waals surface area contributed by atoms with E-state index in [1.54, 1.807) is 24.3 Å². The minimum absolute atomic E-state index is 0.0404. The van der Waals surface area contributed by atoms with E-state index in [0.717, 1.165) is 0 Å². The molecule has 2 rings (SSSR count). The van der Waals surface area contributed by atoms with Gasteiger partial charge in [0.25, 0.3) is 0 Å². The second-order valence-electron chi connectivity index (χ2n) is 4.24. The maximum Gasteiger partial charge on any atom is 0.201 e. The summed E-state index contributed by atoms with van der Waals surface area (Å²) >= 11 is 0. The van der Waals surface area contributed by atoms with Gasteiger partial charge in [-0.2, -0.15) is 10.4 Å². The third-order valence-electron chi connectivity index (χ3n) is 2.72. The van der Waals surface area contributed by atoms with Crippen molar-refractivity contribution in [3.8, 4) is 17.6 Å². The summed E-state index contributed by atoms with van der Waals surface area (Å²) in [6.45, 7) is 1.13. The molecule has 0 aromatic heterocycles. The Balaban J connectivity index is 2.11. The highest BCUT2D eigenvalue weighted by Crippen LogP contribution is 2.31. The number of nitriles is 1. The lowest BCUT2D eigenvalue weighted by atomic mass is 10.2. The van der Waals surface area contributed by atoms with Crippen LogP contribution in [0.1, 0.15) is 0 Å². The Morgan fingerprint density at radius 3 is 2.81 bits per heavy atom. The molecule has 1 aromatic carbocycles. The van der Waals surface area contributed by atoms with E-state index in [9.17, 15) is 0 Å². The first-order valence-corrected chi connectivity index (χ1v) is 6.14. The van der Waals surface area contributed by atoms with Gasteiger partial charge in [-0.15, -0.1) is 0 Å². The van der Waals surface area contributed by atoms with Crippen molar-refractivity contribution in [1.29, 1.82) is 10.7 Å². The Labute approximate surface area is 121 Å². The number of benzene rings is 1. The summed E-state index contributed by atoms with van der Waals surface area (Å²) in [4.78, 5) is 0. The second kappa shape index (κ2) is 6.58. The van der Waals surface area contributed by atoms with Crippen molar-refractivity contribution >= 4 is 17.2 Å². The Kier molecular flexibility index (Phi) is 4.58. The molecule has 0 spiro atoms. The van der Waals surface area contributed by atoms with Crippen LogP contribution in [0.3, 0.4) is 0 Å². The second-order valence-corrected chi connectivity index (χ2v) is 4.24. The van der Waals surface area contributed by atoms with Crippen molar-refractivity contribution in [2.45, 2.75) is 6.10 Å². The first-order chi connectivity index (χ1) is 10.1. The van der Waals surface area contributed by atoms with Crippen LogP contribution in [-0.4, -0.2) is 38.0 Å². The van der Waals surface area contributed by atoms with Crippen molar-refractivity contribution < 1.29 is 14.2 Å². The number of nitrogens with zero attached hydrogens (tertiary/aromatic N) is 2. The number of amidine groups is 1. The molecule has 1 aromatic rings. The summed E-state index contributed by atoms with van der Waals surface area (Å²) in [6.07, 6.45) is 0.0404. The van der Waals surface area contributed by atoms with E-state index in [-0.39, 0.29) is 11.8 Å². The molecule has 4 N–H and O–H groups in total. The van der Waals surface area contributed by atoms with Crippen LogP contribution in [0.4, 0.5) is 5.69 Å². The average molecular weight is 289 g/mol. The average Bonchev–Trinajstić information content (AvgIpc) is 2.43. The van der Waals surface area contributed by atoms with Crippen LogP contribution in [0.15, 0.2) is 23.3 Å². The summed E-state index contributed by atoms with van der Waals surface area (Å²) in [5, 5.41) is 19.7. The van der Waals surface area contributed by atoms with Gasteiger partial charge in [-0.25, -0.2) is 0 Å². The topological polar surface area (TPSA) is 126 Å². The minimum atomic E-state index is -0.401. The fraction of sp³-hybridized carbons (Fsp3) is 0.308. The molecule has 0 saturated carbocycles. The van der Waals surface area contributed by atoms with Gasteiger partial charge >= 0.3 is 0 Å². The Morgan fingerprint density at radius 2 is 2.29 bits per heavy atom. The van der Waals surface area contributed by atoms with E-state index >= 15 is 0 Å². The highest BCUT2D eigenvalue weighted by atomic mass is 16.6. The molecule has 1 fully saturated rings. The van der Waals surface area contributed by atoms with Gasteiger partial charge in [0.15, 0.2) is 17.3 Å². The number of anilines is 1. The quantitative estimate of drug-likeness (QED) is 0.402. The zero-order valence-electron chi connectivity index (χ0n) is 11.4. The zero-order chi connectivity index (χ0) is 15.2. The Hall–Kier alpha value is -2.79. The third-order valence-corrected chi connectivity index (χ3v) is 2.72. The van der Waals surface area contributed by atoms with Crippen molar-refractivity contribution in [3.05, 3.63) is 18.2 Å². The third kappa shape index (κ3) is 3.61. The molecule has 8 heteroatoms. The predicted octanol–water partition coefficient (Wildman–Crippen LogP) is 0.700. The molecule has 1 aliphatic rings. The molecule has 0 bridgehead atoms. The number of nitrogens with two attached hydrogens (primary N) is 1. The van der Waals surface area contributed by atoms with E-state index < -0.39 is 5.84 Å². The van der Waals surface area contributed by atoms with Gasteiger partial charge in [0.1, 0.15) is 12.2 Å². The van der Waals surface area contributed by atoms with E-state index in [4.69, 9.17) is 30.6 Å². The maximum atomic E-state index is 8.75. The highest BCUT2D eigenvalue weighted by molar-refractivity contribution is 6.45. The van der Waals surface area contributed by atoms with Crippen LogP contribution in [0, 0.1) is 16.7 Å². The number of rotatable bonds is 6. The van der Waals surface area contributed by atoms with Gasteiger partial charge in [-0.05, 0) is 12.1 Å². The van der Waals surface area contributed by atoms with Crippen LogP contribution in [-0.2, 0) is 4.74 Å². The number of hydrogen-bond donors (Lipinski definition) is 3. The van der Waals surface area contributed by atoms with E-state index in [1.165, 1.54) is 7.11 Å². The molecule has 21 heavy (non-hydrogen) atoms. The van der Waals surface area contributed by atoms with Gasteiger partial charge in [-0.3, -0.25) is 10.8 Å². The Morgan fingerprint density at radius 1 is 1.52 bits per heavy atom. The smallest absolute Gasteiger partial charge is 0.201 e. The number of methoxy groups -OCH3 is 1. The molecular weight excluding hydrogens is 274 g/mol. The molecule has 1 aliphatic heterocycles. The molecule has 0 radical (unpaired) electrons. The summed E-state index contributed by atoms with van der Waals surface area (Å²) in [6, 6.07) is 6.84. The molecule has 110 valence electrons. The molecule has 0 unspecified atom stereocenters. The fourth-order valence-corrected chi connectivity index (χ4v) is 1.56. The molecule has 8 nitrogen and oxygen atoms in total. The zero-order valence-corrected chi connectivity index (χ0v) is 11.4. The van der Waals surface area contributed by atoms with E-state index in [0.29, 0.717) is 30.4 Å². The number of hydrazone groups is 1. The van der Waals surface area contributed by atoms with Crippen LogP contribution in [0.2, 0.25) is 0 Å². The van der Waals surface area contributed by atoms with Crippen molar-refractivity contribution in [1.82, 2.24) is 0 Å². The van der Waals surface area contributed by atoms with Crippen LogP contribution < -0.4 is 20.6 Å². The fourth-order valence-electron chi connectivity index (χ4n) is 1.56. The van der Waals surface area contributed by atoms with Crippen molar-refractivity contribution in [2.24, 2.45) is 10.8 Å². The van der Waals surface area contributed by atoms with Crippen LogP contribution in [0.25, 0.3) is 0 Å². The number of hydrogen-bond acceptors (Lipinski definition) is 7. The lowest BCUT2D eigenvalue weighted by molar-refractivity contribution is -0.0803. The largest absolute Gasteiger partial charge is 0.493 e. The summed E-state index contributed by atoms with van der Waals surface area (Å²) in [5.74, 6) is 0.734. The summed E-state index contributed by atoms with van der Waals surface area (Å²) in [7, 11) is 1.53. The molecule has 1 heterocycles. The van der Waals surface area contributed by atoms with E-state index in [1.807, 2.05) is 0 Å². The standard InChI is InChI=1S/C13H15N5O3/c1-19-12-4-8(17-18-10(5-14)13(15)16)2-3-11(12)21-9-6-20-7-9/h2-4,9,17H,6-7H2,1H3,(H3,15,16)/b18-10+. The lowest BCUT2D eigenvalue weighted by Crippen LogP contribution is -2.38. The number of nitrogens with one attached hydrogen (secondary N) is 2. The van der Waals surface area contributed by atoms with Gasteiger partial charge in [-0.1, -0.05) is 0 Å².